The molecule has 2 aromatic rings. The molecule has 1 aromatic carbocycles. The zero-order valence-electron chi connectivity index (χ0n) is 11.8. The van der Waals surface area contributed by atoms with Crippen LogP contribution < -0.4 is 0 Å². The largest absolute Gasteiger partial charge is 0.479 e. The van der Waals surface area contributed by atoms with Crippen molar-refractivity contribution in [3.05, 3.63) is 29.6 Å². The third-order valence-electron chi connectivity index (χ3n) is 3.36. The molecule has 0 aliphatic heterocycles. The molecule has 132 valence electrons. The number of aromatic amines is 1. The summed E-state index contributed by atoms with van der Waals surface area (Å²) in [5.74, 6) is -2.22. The minimum absolute atomic E-state index is 0.0533. The molecule has 1 aromatic heterocycles. The van der Waals surface area contributed by atoms with Gasteiger partial charge in [-0.15, -0.1) is 0 Å². The molecule has 0 saturated heterocycles. The maximum Gasteiger partial charge on any atom is 0.416 e. The van der Waals surface area contributed by atoms with E-state index in [4.69, 9.17) is 10.2 Å². The molecule has 2 rings (SSSR count). The number of carboxylic acid groups (broad SMARTS) is 1. The lowest BCUT2D eigenvalue weighted by molar-refractivity contribution is -0.163. The van der Waals surface area contributed by atoms with Gasteiger partial charge in [-0.1, -0.05) is 0 Å². The van der Waals surface area contributed by atoms with Crippen molar-refractivity contribution in [3.63, 3.8) is 0 Å². The molecule has 0 bridgehead atoms. The lowest BCUT2D eigenvalue weighted by atomic mass is 10.0. The molecule has 0 spiro atoms. The van der Waals surface area contributed by atoms with E-state index < -0.39 is 47.9 Å². The Labute approximate surface area is 131 Å². The number of carbonyl (C=O) groups is 1. The zero-order valence-corrected chi connectivity index (χ0v) is 11.8. The molecule has 1 heterocycles. The fourth-order valence-electron chi connectivity index (χ4n) is 2.03. The molecule has 0 aliphatic carbocycles. The van der Waals surface area contributed by atoms with Crippen LogP contribution in [-0.2, 0) is 11.0 Å². The normalized spacial score (nSPS) is 17.5. The van der Waals surface area contributed by atoms with E-state index in [-0.39, 0.29) is 11.0 Å². The van der Waals surface area contributed by atoms with Crippen LogP contribution in [0.25, 0.3) is 11.0 Å². The quantitative estimate of drug-likeness (QED) is 0.437. The number of nitrogens with one attached hydrogen (secondary N) is 1. The van der Waals surface area contributed by atoms with E-state index in [0.717, 1.165) is 18.2 Å². The van der Waals surface area contributed by atoms with Gasteiger partial charge in [0.2, 0.25) is 0 Å². The molecule has 3 unspecified atom stereocenters. The van der Waals surface area contributed by atoms with Crippen molar-refractivity contribution in [2.75, 3.05) is 0 Å². The lowest BCUT2D eigenvalue weighted by Crippen LogP contribution is -2.45. The van der Waals surface area contributed by atoms with Crippen molar-refractivity contribution in [1.82, 2.24) is 9.97 Å². The highest BCUT2D eigenvalue weighted by Gasteiger charge is 2.36. The highest BCUT2D eigenvalue weighted by Crippen LogP contribution is 2.31. The number of aliphatic carboxylic acids is 1. The molecule has 0 radical (unpaired) electrons. The second-order valence-corrected chi connectivity index (χ2v) is 5.06. The first kappa shape index (κ1) is 18.1. The Hall–Kier alpha value is -2.21. The number of aliphatic hydroxyl groups excluding tert-OH is 4. The number of benzene rings is 1. The van der Waals surface area contributed by atoms with Gasteiger partial charge in [-0.2, -0.15) is 13.2 Å². The summed E-state index contributed by atoms with van der Waals surface area (Å²) in [6, 6.07) is 2.56. The smallest absolute Gasteiger partial charge is 0.416 e. The number of halogens is 3. The minimum Gasteiger partial charge on any atom is -0.479 e. The van der Waals surface area contributed by atoms with Crippen LogP contribution in [0, 0.1) is 0 Å². The Morgan fingerprint density at radius 1 is 1.12 bits per heavy atom. The van der Waals surface area contributed by atoms with Gasteiger partial charge in [0.05, 0.1) is 16.6 Å². The number of nitrogens with zero attached hydrogens (tertiary/aromatic N) is 1. The van der Waals surface area contributed by atoms with E-state index in [0.29, 0.717) is 0 Å². The van der Waals surface area contributed by atoms with Crippen molar-refractivity contribution >= 4 is 17.0 Å². The number of aromatic nitrogens is 2. The number of alkyl halides is 3. The average Bonchev–Trinajstić information content (AvgIpc) is 2.93. The number of fused-ring (bicyclic) bond motifs is 1. The van der Waals surface area contributed by atoms with Crippen LogP contribution in [0.15, 0.2) is 18.2 Å². The number of aliphatic hydroxyl groups is 4. The summed E-state index contributed by atoms with van der Waals surface area (Å²) in [5, 5.41) is 46.8. The second-order valence-electron chi connectivity index (χ2n) is 5.06. The Kier molecular flexibility index (Phi) is 4.80. The van der Waals surface area contributed by atoms with Crippen LogP contribution >= 0.6 is 0 Å². The van der Waals surface area contributed by atoms with Gasteiger partial charge < -0.3 is 30.5 Å². The number of hydrogen-bond donors (Lipinski definition) is 6. The van der Waals surface area contributed by atoms with Gasteiger partial charge in [0.15, 0.2) is 6.10 Å². The minimum atomic E-state index is -4.58. The van der Waals surface area contributed by atoms with E-state index in [1.165, 1.54) is 0 Å². The lowest BCUT2D eigenvalue weighted by Gasteiger charge is -2.23. The predicted molar refractivity (Wildman–Crippen MR) is 71.7 cm³/mol. The summed E-state index contributed by atoms with van der Waals surface area (Å²) in [7, 11) is 0. The van der Waals surface area contributed by atoms with Crippen molar-refractivity contribution in [3.8, 4) is 0 Å². The fraction of sp³-hybridized carbons (Fsp3) is 0.385. The molecule has 0 aliphatic rings. The summed E-state index contributed by atoms with van der Waals surface area (Å²) in [4.78, 5) is 16.7. The topological polar surface area (TPSA) is 147 Å². The number of hydrogen-bond acceptors (Lipinski definition) is 6. The van der Waals surface area contributed by atoms with E-state index in [9.17, 15) is 33.3 Å². The van der Waals surface area contributed by atoms with E-state index >= 15 is 0 Å². The van der Waals surface area contributed by atoms with Gasteiger partial charge in [0.1, 0.15) is 24.1 Å². The molecule has 0 amide bonds. The highest BCUT2D eigenvalue weighted by molar-refractivity contribution is 5.76. The SMILES string of the molecule is O=C(O)C(O)[C@H](O)C(O)C(O)c1nc2ccc(C(F)(F)F)cc2[nH]1. The fourth-order valence-corrected chi connectivity index (χ4v) is 2.03. The van der Waals surface area contributed by atoms with Crippen molar-refractivity contribution in [1.29, 1.82) is 0 Å². The molecule has 11 heteroatoms. The summed E-state index contributed by atoms with van der Waals surface area (Å²) in [6.07, 6.45) is -13.3. The third-order valence-corrected chi connectivity index (χ3v) is 3.36. The summed E-state index contributed by atoms with van der Waals surface area (Å²) in [6.45, 7) is 0. The molecule has 6 N–H and O–H groups in total. The van der Waals surface area contributed by atoms with Crippen LogP contribution in [0.4, 0.5) is 13.2 Å². The van der Waals surface area contributed by atoms with Crippen LogP contribution in [0.5, 0.6) is 0 Å². The summed E-state index contributed by atoms with van der Waals surface area (Å²) in [5.41, 5.74) is -0.988. The van der Waals surface area contributed by atoms with E-state index in [2.05, 4.69) is 9.97 Å². The molecule has 0 fully saturated rings. The summed E-state index contributed by atoms with van der Waals surface area (Å²) >= 11 is 0. The monoisotopic (exact) mass is 350 g/mol. The first-order valence-corrected chi connectivity index (χ1v) is 6.54. The Bertz CT molecular complexity index is 747. The standard InChI is InChI=1S/C13H13F3N2O6/c14-13(15,16)4-1-2-5-6(3-4)18-11(17-5)9(21)7(19)8(20)10(22)12(23)24/h1-3,7-10,19-22H,(H,17,18)(H,23,24)/t7?,8-,9?,10?/m1/s1. The van der Waals surface area contributed by atoms with Gasteiger partial charge in [-0.25, -0.2) is 9.78 Å². The van der Waals surface area contributed by atoms with Gasteiger partial charge in [-0.05, 0) is 18.2 Å². The number of carboxylic acids is 1. The van der Waals surface area contributed by atoms with Crippen LogP contribution in [0.3, 0.4) is 0 Å². The number of imidazole rings is 1. The molecule has 4 atom stereocenters. The Morgan fingerprint density at radius 3 is 2.29 bits per heavy atom. The van der Waals surface area contributed by atoms with Gasteiger partial charge in [-0.3, -0.25) is 0 Å². The van der Waals surface area contributed by atoms with E-state index in [1.54, 1.807) is 0 Å². The number of rotatable bonds is 5. The summed E-state index contributed by atoms with van der Waals surface area (Å²) < 4.78 is 37.9. The maximum absolute atomic E-state index is 12.6. The Balaban J connectivity index is 2.29. The first-order valence-electron chi connectivity index (χ1n) is 6.54. The maximum atomic E-state index is 12.6. The van der Waals surface area contributed by atoms with Crippen molar-refractivity contribution in [2.45, 2.75) is 30.6 Å². The molecule has 24 heavy (non-hydrogen) atoms. The van der Waals surface area contributed by atoms with Gasteiger partial charge in [0.25, 0.3) is 0 Å². The average molecular weight is 350 g/mol. The van der Waals surface area contributed by atoms with Gasteiger partial charge in [0, 0.05) is 0 Å². The molecular weight excluding hydrogens is 337 g/mol. The van der Waals surface area contributed by atoms with Crippen LogP contribution in [0.1, 0.15) is 17.5 Å². The second kappa shape index (κ2) is 6.36. The van der Waals surface area contributed by atoms with Crippen molar-refractivity contribution < 1.29 is 43.5 Å². The van der Waals surface area contributed by atoms with E-state index in [1.807, 2.05) is 0 Å². The number of H-pyrrole nitrogens is 1. The van der Waals surface area contributed by atoms with Crippen LogP contribution in [0.2, 0.25) is 0 Å². The van der Waals surface area contributed by atoms with Crippen molar-refractivity contribution in [2.24, 2.45) is 0 Å². The predicted octanol–water partition coefficient (Wildman–Crippen LogP) is -0.218. The molecule has 8 nitrogen and oxygen atoms in total. The third kappa shape index (κ3) is 3.48. The molecular formula is C13H13F3N2O6. The first-order chi connectivity index (χ1) is 11.0. The van der Waals surface area contributed by atoms with Gasteiger partial charge >= 0.3 is 12.1 Å². The Morgan fingerprint density at radius 2 is 1.75 bits per heavy atom. The highest BCUT2D eigenvalue weighted by atomic mass is 19.4. The zero-order chi connectivity index (χ0) is 18.2. The van der Waals surface area contributed by atoms with Crippen LogP contribution in [-0.4, -0.2) is 59.8 Å². The molecule has 0 saturated carbocycles.